The first-order valence-corrected chi connectivity index (χ1v) is 6.34. The first-order chi connectivity index (χ1) is 8.31. The smallest absolute Gasteiger partial charge is 0.122 e. The number of rotatable bonds is 4. The normalized spacial score (nSPS) is 9.88. The molecule has 0 bridgehead atoms. The van der Waals surface area contributed by atoms with E-state index in [2.05, 4.69) is 25.1 Å². The van der Waals surface area contributed by atoms with E-state index in [1.54, 1.807) is 23.5 Å². The van der Waals surface area contributed by atoms with E-state index in [4.69, 9.17) is 10.00 Å². The van der Waals surface area contributed by atoms with Crippen LogP contribution >= 0.6 is 11.3 Å². The van der Waals surface area contributed by atoms with Crippen molar-refractivity contribution in [2.45, 2.75) is 20.0 Å². The fourth-order valence-electron chi connectivity index (χ4n) is 1.50. The molecule has 0 amide bonds. The van der Waals surface area contributed by atoms with Crippen LogP contribution in [0.4, 0.5) is 0 Å². The molecule has 2 rings (SSSR count). The van der Waals surface area contributed by atoms with Gasteiger partial charge in [0.05, 0.1) is 11.6 Å². The Bertz CT molecular complexity index is 539. The number of benzene rings is 1. The predicted octanol–water partition coefficient (Wildman–Crippen LogP) is 3.76. The van der Waals surface area contributed by atoms with Crippen molar-refractivity contribution in [3.63, 3.8) is 0 Å². The Morgan fingerprint density at radius 3 is 2.76 bits per heavy atom. The van der Waals surface area contributed by atoms with Crippen LogP contribution in [0.15, 0.2) is 36.4 Å². The average Bonchev–Trinajstić information content (AvgIpc) is 2.84. The Hall–Kier alpha value is -1.79. The zero-order chi connectivity index (χ0) is 12.1. The number of nitrogens with zero attached hydrogens (tertiary/aromatic N) is 1. The fourth-order valence-corrected chi connectivity index (χ4v) is 2.37. The van der Waals surface area contributed by atoms with Gasteiger partial charge in [0.25, 0.3) is 0 Å². The van der Waals surface area contributed by atoms with Gasteiger partial charge in [-0.1, -0.05) is 13.0 Å². The van der Waals surface area contributed by atoms with Crippen molar-refractivity contribution in [1.29, 1.82) is 5.26 Å². The van der Waals surface area contributed by atoms with Gasteiger partial charge in [-0.05, 0) is 36.8 Å². The van der Waals surface area contributed by atoms with Crippen molar-refractivity contribution >= 4 is 11.3 Å². The summed E-state index contributed by atoms with van der Waals surface area (Å²) in [6.07, 6.45) is 1.06. The van der Waals surface area contributed by atoms with Gasteiger partial charge >= 0.3 is 0 Å². The second-order valence-corrected chi connectivity index (χ2v) is 4.90. The van der Waals surface area contributed by atoms with Gasteiger partial charge < -0.3 is 4.74 Å². The van der Waals surface area contributed by atoms with Gasteiger partial charge in [-0.25, -0.2) is 0 Å². The Balaban J connectivity index is 1.99. The van der Waals surface area contributed by atoms with E-state index in [-0.39, 0.29) is 0 Å². The Kier molecular flexibility index (Phi) is 3.79. The number of ether oxygens (including phenoxy) is 1. The molecule has 0 saturated heterocycles. The van der Waals surface area contributed by atoms with Gasteiger partial charge in [-0.2, -0.15) is 5.26 Å². The summed E-state index contributed by atoms with van der Waals surface area (Å²) in [6, 6.07) is 13.6. The molecule has 0 radical (unpaired) electrons. The lowest BCUT2D eigenvalue weighted by atomic mass is 10.2. The maximum atomic E-state index is 8.78. The summed E-state index contributed by atoms with van der Waals surface area (Å²) in [5.74, 6) is 0.746. The highest BCUT2D eigenvalue weighted by molar-refractivity contribution is 7.11. The quantitative estimate of drug-likeness (QED) is 0.819. The van der Waals surface area contributed by atoms with Crippen molar-refractivity contribution in [2.24, 2.45) is 0 Å². The molecule has 1 aromatic carbocycles. The molecular weight excluding hydrogens is 230 g/mol. The highest BCUT2D eigenvalue weighted by atomic mass is 32.1. The van der Waals surface area contributed by atoms with Crippen molar-refractivity contribution in [3.8, 4) is 11.8 Å². The average molecular weight is 243 g/mol. The molecule has 0 saturated carbocycles. The standard InChI is InChI=1S/C14H13NOS/c1-2-13-6-7-14(17-13)10-16-12-5-3-4-11(8-12)9-15/h3-8H,2,10H2,1H3. The summed E-state index contributed by atoms with van der Waals surface area (Å²) in [5.41, 5.74) is 0.628. The lowest BCUT2D eigenvalue weighted by molar-refractivity contribution is 0.310. The summed E-state index contributed by atoms with van der Waals surface area (Å²) in [7, 11) is 0. The zero-order valence-corrected chi connectivity index (χ0v) is 10.5. The Labute approximate surface area is 105 Å². The number of aryl methyl sites for hydroxylation is 1. The van der Waals surface area contributed by atoms with Gasteiger partial charge in [0.1, 0.15) is 12.4 Å². The fraction of sp³-hybridized carbons (Fsp3) is 0.214. The van der Waals surface area contributed by atoms with Gasteiger partial charge in [-0.15, -0.1) is 11.3 Å². The van der Waals surface area contributed by atoms with E-state index in [0.29, 0.717) is 12.2 Å². The van der Waals surface area contributed by atoms with Crippen LogP contribution in [0.3, 0.4) is 0 Å². The molecule has 86 valence electrons. The van der Waals surface area contributed by atoms with Crippen LogP contribution in [0.2, 0.25) is 0 Å². The maximum absolute atomic E-state index is 8.78. The first-order valence-electron chi connectivity index (χ1n) is 5.52. The van der Waals surface area contributed by atoms with Crippen LogP contribution in [-0.2, 0) is 13.0 Å². The molecule has 3 heteroatoms. The molecule has 0 spiro atoms. The molecule has 0 aliphatic carbocycles. The predicted molar refractivity (Wildman–Crippen MR) is 69.2 cm³/mol. The number of hydrogen-bond acceptors (Lipinski definition) is 3. The monoisotopic (exact) mass is 243 g/mol. The lowest BCUT2D eigenvalue weighted by Gasteiger charge is -2.04. The SMILES string of the molecule is CCc1ccc(COc2cccc(C#N)c2)s1. The van der Waals surface area contributed by atoms with Gasteiger partial charge in [0.15, 0.2) is 0 Å². The lowest BCUT2D eigenvalue weighted by Crippen LogP contribution is -1.92. The third-order valence-electron chi connectivity index (χ3n) is 2.41. The molecule has 0 atom stereocenters. The zero-order valence-electron chi connectivity index (χ0n) is 9.64. The number of thiophene rings is 1. The Morgan fingerprint density at radius 1 is 1.24 bits per heavy atom. The van der Waals surface area contributed by atoms with Crippen molar-refractivity contribution in [3.05, 3.63) is 51.7 Å². The van der Waals surface area contributed by atoms with E-state index in [0.717, 1.165) is 12.2 Å². The molecule has 0 aliphatic heterocycles. The molecule has 17 heavy (non-hydrogen) atoms. The molecule has 0 N–H and O–H groups in total. The van der Waals surface area contributed by atoms with Gasteiger partial charge in [0.2, 0.25) is 0 Å². The number of nitriles is 1. The van der Waals surface area contributed by atoms with Crippen molar-refractivity contribution < 1.29 is 4.74 Å². The second kappa shape index (κ2) is 5.51. The minimum absolute atomic E-state index is 0.569. The van der Waals surface area contributed by atoms with Crippen molar-refractivity contribution in [1.82, 2.24) is 0 Å². The third kappa shape index (κ3) is 3.08. The Morgan fingerprint density at radius 2 is 2.06 bits per heavy atom. The summed E-state index contributed by atoms with van der Waals surface area (Å²) in [6.45, 7) is 2.71. The molecule has 1 heterocycles. The molecule has 2 nitrogen and oxygen atoms in total. The van der Waals surface area contributed by atoms with E-state index >= 15 is 0 Å². The molecule has 2 aromatic rings. The minimum atomic E-state index is 0.569. The topological polar surface area (TPSA) is 33.0 Å². The molecule has 1 aromatic heterocycles. The summed E-state index contributed by atoms with van der Waals surface area (Å²) in [5, 5.41) is 8.78. The second-order valence-electron chi connectivity index (χ2n) is 3.65. The number of hydrogen-bond donors (Lipinski definition) is 0. The van der Waals surface area contributed by atoms with Crippen LogP contribution in [-0.4, -0.2) is 0 Å². The van der Waals surface area contributed by atoms with E-state index in [9.17, 15) is 0 Å². The van der Waals surface area contributed by atoms with E-state index in [1.165, 1.54) is 9.75 Å². The highest BCUT2D eigenvalue weighted by Gasteiger charge is 2.00. The molecular formula is C14H13NOS. The van der Waals surface area contributed by atoms with Gasteiger partial charge in [0, 0.05) is 9.75 Å². The molecule has 0 fully saturated rings. The van der Waals surface area contributed by atoms with Crippen LogP contribution in [0, 0.1) is 11.3 Å². The minimum Gasteiger partial charge on any atom is -0.488 e. The summed E-state index contributed by atoms with van der Waals surface area (Å²) < 4.78 is 5.65. The molecule has 0 unspecified atom stereocenters. The van der Waals surface area contributed by atoms with E-state index in [1.807, 2.05) is 12.1 Å². The largest absolute Gasteiger partial charge is 0.488 e. The van der Waals surface area contributed by atoms with Crippen LogP contribution in [0.5, 0.6) is 5.75 Å². The van der Waals surface area contributed by atoms with Crippen molar-refractivity contribution in [2.75, 3.05) is 0 Å². The maximum Gasteiger partial charge on any atom is 0.122 e. The highest BCUT2D eigenvalue weighted by Crippen LogP contribution is 2.20. The summed E-state index contributed by atoms with van der Waals surface area (Å²) in [4.78, 5) is 2.58. The van der Waals surface area contributed by atoms with Crippen LogP contribution in [0.1, 0.15) is 22.2 Å². The third-order valence-corrected chi connectivity index (χ3v) is 3.61. The van der Waals surface area contributed by atoms with Crippen LogP contribution in [0.25, 0.3) is 0 Å². The van der Waals surface area contributed by atoms with Gasteiger partial charge in [-0.3, -0.25) is 0 Å². The van der Waals surface area contributed by atoms with Crippen LogP contribution < -0.4 is 4.74 Å². The first kappa shape index (κ1) is 11.7. The summed E-state index contributed by atoms with van der Waals surface area (Å²) >= 11 is 1.77. The van der Waals surface area contributed by atoms with E-state index < -0.39 is 0 Å². The molecule has 0 aliphatic rings.